The van der Waals surface area contributed by atoms with Gasteiger partial charge >= 0.3 is 0 Å². The Labute approximate surface area is 177 Å². The zero-order valence-electron chi connectivity index (χ0n) is 17.3. The summed E-state index contributed by atoms with van der Waals surface area (Å²) in [7, 11) is 0. The average Bonchev–Trinajstić information content (AvgIpc) is 2.74. The van der Waals surface area contributed by atoms with Crippen molar-refractivity contribution in [1.82, 2.24) is 4.90 Å². The van der Waals surface area contributed by atoms with Gasteiger partial charge in [-0.2, -0.15) is 0 Å². The summed E-state index contributed by atoms with van der Waals surface area (Å²) in [5.41, 5.74) is 3.89. The zero-order valence-corrected chi connectivity index (χ0v) is 17.3. The molecule has 7 heteroatoms. The maximum atomic E-state index is 12.3. The molecule has 2 aliphatic rings. The largest absolute Gasteiger partial charge is 0.482 e. The Bertz CT molecular complexity index is 922. The molecule has 1 fully saturated rings. The molecule has 0 saturated carbocycles. The van der Waals surface area contributed by atoms with Crippen LogP contribution < -0.4 is 20.3 Å². The number of aryl methyl sites for hydroxylation is 1. The molecule has 0 atom stereocenters. The van der Waals surface area contributed by atoms with Crippen LogP contribution in [0.3, 0.4) is 0 Å². The molecule has 0 bridgehead atoms. The number of fused-ring (bicyclic) bond motifs is 1. The van der Waals surface area contributed by atoms with E-state index in [0.717, 1.165) is 39.1 Å². The van der Waals surface area contributed by atoms with E-state index < -0.39 is 0 Å². The number of rotatable bonds is 6. The number of nitrogens with zero attached hydrogens (tertiary/aromatic N) is 2. The molecule has 0 aliphatic carbocycles. The van der Waals surface area contributed by atoms with Gasteiger partial charge in [0.2, 0.25) is 5.91 Å². The van der Waals surface area contributed by atoms with Gasteiger partial charge in [-0.15, -0.1) is 0 Å². The molecule has 4 rings (SSSR count). The van der Waals surface area contributed by atoms with Gasteiger partial charge in [0.15, 0.2) is 6.61 Å². The van der Waals surface area contributed by atoms with Gasteiger partial charge in [-0.25, -0.2) is 0 Å². The van der Waals surface area contributed by atoms with Crippen molar-refractivity contribution in [2.24, 2.45) is 0 Å². The Morgan fingerprint density at radius 3 is 2.73 bits per heavy atom. The summed E-state index contributed by atoms with van der Waals surface area (Å²) in [6.45, 7) is 7.16. The van der Waals surface area contributed by atoms with Crippen molar-refractivity contribution in [2.45, 2.75) is 19.8 Å². The molecule has 2 aliphatic heterocycles. The monoisotopic (exact) mass is 408 g/mol. The minimum atomic E-state index is -0.187. The van der Waals surface area contributed by atoms with E-state index in [2.05, 4.69) is 51.6 Å². The van der Waals surface area contributed by atoms with Gasteiger partial charge in [-0.1, -0.05) is 18.2 Å². The topological polar surface area (TPSA) is 73.9 Å². The predicted octanol–water partition coefficient (Wildman–Crippen LogP) is 2.87. The van der Waals surface area contributed by atoms with Crippen LogP contribution in [-0.4, -0.2) is 56.0 Å². The Morgan fingerprint density at radius 1 is 1.13 bits per heavy atom. The van der Waals surface area contributed by atoms with Crippen LogP contribution >= 0.6 is 0 Å². The Hall–Kier alpha value is -3.06. The lowest BCUT2D eigenvalue weighted by molar-refractivity contribution is -0.118. The summed E-state index contributed by atoms with van der Waals surface area (Å²) in [5.74, 6) is 0.419. The SMILES string of the molecule is Cc1ccccc1N1CCN(CCCC(=O)Nc2ccc3c(c2)NC(=O)CO3)CC1. The predicted molar refractivity (Wildman–Crippen MR) is 118 cm³/mol. The first-order valence-corrected chi connectivity index (χ1v) is 10.5. The molecule has 7 nitrogen and oxygen atoms in total. The van der Waals surface area contributed by atoms with Gasteiger partial charge in [0, 0.05) is 44.0 Å². The lowest BCUT2D eigenvalue weighted by atomic mass is 10.1. The Balaban J connectivity index is 1.19. The number of carbonyl (C=O) groups is 2. The van der Waals surface area contributed by atoms with Crippen LogP contribution in [0.25, 0.3) is 0 Å². The highest BCUT2D eigenvalue weighted by atomic mass is 16.5. The molecule has 0 unspecified atom stereocenters. The number of piperazine rings is 1. The van der Waals surface area contributed by atoms with E-state index in [9.17, 15) is 9.59 Å². The van der Waals surface area contributed by atoms with E-state index in [1.807, 2.05) is 0 Å². The molecule has 1 saturated heterocycles. The van der Waals surface area contributed by atoms with Crippen LogP contribution in [0.2, 0.25) is 0 Å². The second-order valence-corrected chi connectivity index (χ2v) is 7.81. The lowest BCUT2D eigenvalue weighted by Gasteiger charge is -2.36. The number of ether oxygens (including phenoxy) is 1. The smallest absolute Gasteiger partial charge is 0.262 e. The van der Waals surface area contributed by atoms with Crippen LogP contribution in [0.1, 0.15) is 18.4 Å². The number of amides is 2. The number of hydrogen-bond donors (Lipinski definition) is 2. The third-order valence-electron chi connectivity index (χ3n) is 5.60. The first kappa shape index (κ1) is 20.2. The van der Waals surface area contributed by atoms with Crippen molar-refractivity contribution in [3.8, 4) is 5.75 Å². The number of carbonyl (C=O) groups excluding carboxylic acids is 2. The first-order valence-electron chi connectivity index (χ1n) is 10.5. The second kappa shape index (κ2) is 9.17. The molecule has 30 heavy (non-hydrogen) atoms. The maximum Gasteiger partial charge on any atom is 0.262 e. The molecular formula is C23H28N4O3. The number of nitrogens with one attached hydrogen (secondary N) is 2. The summed E-state index contributed by atoms with van der Waals surface area (Å²) < 4.78 is 5.34. The molecule has 2 N–H and O–H groups in total. The minimum Gasteiger partial charge on any atom is -0.482 e. The molecule has 2 aromatic carbocycles. The van der Waals surface area contributed by atoms with E-state index >= 15 is 0 Å². The van der Waals surface area contributed by atoms with E-state index in [-0.39, 0.29) is 18.4 Å². The summed E-state index contributed by atoms with van der Waals surface area (Å²) in [5, 5.41) is 5.66. The number of hydrogen-bond acceptors (Lipinski definition) is 5. The van der Waals surface area contributed by atoms with Crippen molar-refractivity contribution in [3.63, 3.8) is 0 Å². The quantitative estimate of drug-likeness (QED) is 0.769. The summed E-state index contributed by atoms with van der Waals surface area (Å²) in [6.07, 6.45) is 1.29. The first-order chi connectivity index (χ1) is 14.6. The Kier molecular flexibility index (Phi) is 6.18. The molecule has 2 aromatic rings. The normalized spacial score (nSPS) is 16.4. The fourth-order valence-electron chi connectivity index (χ4n) is 3.98. The molecule has 2 heterocycles. The highest BCUT2D eigenvalue weighted by Gasteiger charge is 2.19. The number of benzene rings is 2. The summed E-state index contributed by atoms with van der Waals surface area (Å²) in [4.78, 5) is 28.6. The second-order valence-electron chi connectivity index (χ2n) is 7.81. The van der Waals surface area contributed by atoms with Gasteiger partial charge < -0.3 is 20.3 Å². The van der Waals surface area contributed by atoms with E-state index in [4.69, 9.17) is 4.74 Å². The van der Waals surface area contributed by atoms with Crippen LogP contribution in [0.4, 0.5) is 17.1 Å². The third kappa shape index (κ3) is 4.91. The van der Waals surface area contributed by atoms with Gasteiger partial charge in [-0.05, 0) is 49.7 Å². The molecular weight excluding hydrogens is 380 g/mol. The number of para-hydroxylation sites is 1. The van der Waals surface area contributed by atoms with Crippen molar-refractivity contribution >= 4 is 28.9 Å². The van der Waals surface area contributed by atoms with Crippen LogP contribution in [-0.2, 0) is 9.59 Å². The third-order valence-corrected chi connectivity index (χ3v) is 5.60. The highest BCUT2D eigenvalue weighted by molar-refractivity contribution is 5.97. The fraction of sp³-hybridized carbons (Fsp3) is 0.391. The summed E-state index contributed by atoms with van der Waals surface area (Å²) >= 11 is 0. The fourth-order valence-corrected chi connectivity index (χ4v) is 3.98. The van der Waals surface area contributed by atoms with Crippen LogP contribution in [0, 0.1) is 6.92 Å². The number of anilines is 3. The minimum absolute atomic E-state index is 0.0171. The average molecular weight is 409 g/mol. The van der Waals surface area contributed by atoms with E-state index in [0.29, 0.717) is 23.5 Å². The highest BCUT2D eigenvalue weighted by Crippen LogP contribution is 2.30. The maximum absolute atomic E-state index is 12.3. The summed E-state index contributed by atoms with van der Waals surface area (Å²) in [6, 6.07) is 13.8. The van der Waals surface area contributed by atoms with Crippen LogP contribution in [0.5, 0.6) is 5.75 Å². The van der Waals surface area contributed by atoms with Gasteiger partial charge in [0.25, 0.3) is 5.91 Å². The Morgan fingerprint density at radius 2 is 1.93 bits per heavy atom. The van der Waals surface area contributed by atoms with Crippen molar-refractivity contribution < 1.29 is 14.3 Å². The zero-order chi connectivity index (χ0) is 20.9. The standard InChI is InChI=1S/C23H28N4O3/c1-17-5-2-3-6-20(17)27-13-11-26(12-14-27)10-4-7-22(28)24-18-8-9-21-19(15-18)25-23(29)16-30-21/h2-3,5-6,8-9,15H,4,7,10-14,16H2,1H3,(H,24,28)(H,25,29). The van der Waals surface area contributed by atoms with Crippen molar-refractivity contribution in [3.05, 3.63) is 48.0 Å². The van der Waals surface area contributed by atoms with Gasteiger partial charge in [0.1, 0.15) is 5.75 Å². The molecule has 0 spiro atoms. The molecule has 2 amide bonds. The molecule has 0 aromatic heterocycles. The van der Waals surface area contributed by atoms with Gasteiger partial charge in [-0.3, -0.25) is 14.5 Å². The van der Waals surface area contributed by atoms with Crippen LogP contribution in [0.15, 0.2) is 42.5 Å². The van der Waals surface area contributed by atoms with Crippen molar-refractivity contribution in [1.29, 1.82) is 0 Å². The molecule has 158 valence electrons. The lowest BCUT2D eigenvalue weighted by Crippen LogP contribution is -2.46. The van der Waals surface area contributed by atoms with Gasteiger partial charge in [0.05, 0.1) is 5.69 Å². The van der Waals surface area contributed by atoms with E-state index in [1.165, 1.54) is 11.3 Å². The van der Waals surface area contributed by atoms with E-state index in [1.54, 1.807) is 18.2 Å². The van der Waals surface area contributed by atoms with Crippen molar-refractivity contribution in [2.75, 3.05) is 54.9 Å². The molecule has 0 radical (unpaired) electrons.